The van der Waals surface area contributed by atoms with E-state index < -0.39 is 5.54 Å². The fraction of sp³-hybridized carbons (Fsp3) is 0.160. The first-order valence-corrected chi connectivity index (χ1v) is 10.1. The Labute approximate surface area is 187 Å². The third kappa shape index (κ3) is 5.31. The van der Waals surface area contributed by atoms with E-state index in [9.17, 15) is 9.59 Å². The fourth-order valence-corrected chi connectivity index (χ4v) is 3.10. The molecule has 0 aliphatic rings. The van der Waals surface area contributed by atoms with Crippen molar-refractivity contribution in [3.63, 3.8) is 0 Å². The normalized spacial score (nSPS) is 10.8. The van der Waals surface area contributed by atoms with Crippen LogP contribution in [0.4, 0.5) is 17.1 Å². The average Bonchev–Trinajstić information content (AvgIpc) is 2.79. The molecule has 0 saturated carbocycles. The Bertz CT molecular complexity index is 1110. The largest absolute Gasteiger partial charge is 0.384 e. The van der Waals surface area contributed by atoms with Crippen molar-refractivity contribution in [3.8, 4) is 0 Å². The van der Waals surface area contributed by atoms with Gasteiger partial charge in [-0.15, -0.1) is 0 Å². The number of rotatable bonds is 7. The molecule has 164 valence electrons. The molecule has 3 rings (SSSR count). The molecule has 0 bridgehead atoms. The number of benzene rings is 3. The van der Waals surface area contributed by atoms with Crippen LogP contribution >= 0.6 is 0 Å². The number of para-hydroxylation sites is 1. The summed E-state index contributed by atoms with van der Waals surface area (Å²) in [6, 6.07) is 23.2. The summed E-state index contributed by atoms with van der Waals surface area (Å²) in [6.45, 7) is 3.54. The minimum Gasteiger partial charge on any atom is -0.384 e. The number of carbonyl (C=O) groups excluding carboxylic acids is 2. The molecule has 2 amide bonds. The molecule has 0 saturated heterocycles. The minimum absolute atomic E-state index is 0.00885. The molecule has 0 radical (unpaired) electrons. The number of hydrogen-bond donors (Lipinski definition) is 4. The summed E-state index contributed by atoms with van der Waals surface area (Å²) in [7, 11) is 1.73. The highest BCUT2D eigenvalue weighted by molar-refractivity contribution is 6.06. The number of amidine groups is 1. The molecular weight excluding hydrogens is 402 g/mol. The summed E-state index contributed by atoms with van der Waals surface area (Å²) >= 11 is 0. The zero-order valence-electron chi connectivity index (χ0n) is 18.3. The zero-order valence-corrected chi connectivity index (χ0v) is 18.3. The van der Waals surface area contributed by atoms with Crippen LogP contribution in [0.2, 0.25) is 0 Å². The standard InChI is InChI=1S/C25H27N5O2/c1-25(2,29-20-15-9-17(10-16-20)22(26)27)24(32)28-19-13-11-18(12-14-19)23(31)30(3)21-7-5-4-6-8-21/h4-16,29H,1-3H3,(H3,26,27)(H,28,32). The minimum atomic E-state index is -0.903. The van der Waals surface area contributed by atoms with E-state index in [4.69, 9.17) is 11.1 Å². The molecule has 0 aromatic heterocycles. The van der Waals surface area contributed by atoms with Gasteiger partial charge >= 0.3 is 0 Å². The topological polar surface area (TPSA) is 111 Å². The number of nitrogens with zero attached hydrogens (tertiary/aromatic N) is 1. The summed E-state index contributed by atoms with van der Waals surface area (Å²) in [6.07, 6.45) is 0. The van der Waals surface area contributed by atoms with Gasteiger partial charge in [0.25, 0.3) is 5.91 Å². The number of nitrogens with two attached hydrogens (primary N) is 1. The maximum Gasteiger partial charge on any atom is 0.258 e. The van der Waals surface area contributed by atoms with Gasteiger partial charge in [0, 0.05) is 35.2 Å². The lowest BCUT2D eigenvalue weighted by atomic mass is 10.0. The van der Waals surface area contributed by atoms with E-state index in [0.717, 1.165) is 11.4 Å². The Hall–Kier alpha value is -4.13. The molecular formula is C25H27N5O2. The van der Waals surface area contributed by atoms with Crippen molar-refractivity contribution in [2.75, 3.05) is 22.6 Å². The molecule has 0 spiro atoms. The van der Waals surface area contributed by atoms with Crippen molar-refractivity contribution in [1.29, 1.82) is 5.41 Å². The third-order valence-electron chi connectivity index (χ3n) is 5.06. The van der Waals surface area contributed by atoms with Gasteiger partial charge in [0.05, 0.1) is 0 Å². The van der Waals surface area contributed by atoms with Gasteiger partial charge in [0.15, 0.2) is 0 Å². The van der Waals surface area contributed by atoms with E-state index >= 15 is 0 Å². The van der Waals surface area contributed by atoms with E-state index in [0.29, 0.717) is 16.8 Å². The van der Waals surface area contributed by atoms with Crippen molar-refractivity contribution >= 4 is 34.7 Å². The fourth-order valence-electron chi connectivity index (χ4n) is 3.10. The average molecular weight is 430 g/mol. The molecule has 0 aliphatic carbocycles. The van der Waals surface area contributed by atoms with Gasteiger partial charge in [0.2, 0.25) is 5.91 Å². The first-order valence-electron chi connectivity index (χ1n) is 10.1. The number of nitrogens with one attached hydrogen (secondary N) is 3. The Morgan fingerprint density at radius 3 is 1.94 bits per heavy atom. The van der Waals surface area contributed by atoms with E-state index in [-0.39, 0.29) is 17.6 Å². The Morgan fingerprint density at radius 1 is 0.844 bits per heavy atom. The van der Waals surface area contributed by atoms with Crippen LogP contribution in [0, 0.1) is 5.41 Å². The van der Waals surface area contributed by atoms with E-state index in [1.54, 1.807) is 74.3 Å². The van der Waals surface area contributed by atoms with Crippen LogP contribution in [0.1, 0.15) is 29.8 Å². The van der Waals surface area contributed by atoms with Crippen molar-refractivity contribution < 1.29 is 9.59 Å². The van der Waals surface area contributed by atoms with Gasteiger partial charge in [-0.2, -0.15) is 0 Å². The summed E-state index contributed by atoms with van der Waals surface area (Å²) in [5.41, 5.74) is 7.85. The quantitative estimate of drug-likeness (QED) is 0.335. The predicted octanol–water partition coefficient (Wildman–Crippen LogP) is 4.08. The van der Waals surface area contributed by atoms with Gasteiger partial charge in [-0.05, 0) is 74.5 Å². The second kappa shape index (κ2) is 9.34. The molecule has 7 heteroatoms. The Kier molecular flexibility index (Phi) is 6.59. The second-order valence-electron chi connectivity index (χ2n) is 7.97. The lowest BCUT2D eigenvalue weighted by Gasteiger charge is -2.26. The lowest BCUT2D eigenvalue weighted by Crippen LogP contribution is -2.44. The van der Waals surface area contributed by atoms with Crippen LogP contribution in [-0.4, -0.2) is 30.2 Å². The SMILES string of the molecule is CN(C(=O)c1ccc(NC(=O)C(C)(C)Nc2ccc(C(=N)N)cc2)cc1)c1ccccc1. The van der Waals surface area contributed by atoms with Crippen molar-refractivity contribution in [2.24, 2.45) is 5.73 Å². The van der Waals surface area contributed by atoms with Gasteiger partial charge in [-0.3, -0.25) is 15.0 Å². The molecule has 3 aromatic rings. The van der Waals surface area contributed by atoms with Gasteiger partial charge in [-0.25, -0.2) is 0 Å². The van der Waals surface area contributed by atoms with Crippen LogP contribution in [0.3, 0.4) is 0 Å². The summed E-state index contributed by atoms with van der Waals surface area (Å²) in [5, 5.41) is 13.5. The third-order valence-corrected chi connectivity index (χ3v) is 5.06. The Morgan fingerprint density at radius 2 is 1.38 bits per heavy atom. The van der Waals surface area contributed by atoms with Crippen LogP contribution in [0.5, 0.6) is 0 Å². The number of anilines is 3. The van der Waals surface area contributed by atoms with Crippen LogP contribution in [-0.2, 0) is 4.79 Å². The molecule has 0 heterocycles. The second-order valence-corrected chi connectivity index (χ2v) is 7.97. The molecule has 0 atom stereocenters. The van der Waals surface area contributed by atoms with Crippen LogP contribution in [0.15, 0.2) is 78.9 Å². The Balaban J connectivity index is 1.64. The molecule has 0 aliphatic heterocycles. The predicted molar refractivity (Wildman–Crippen MR) is 129 cm³/mol. The molecule has 5 N–H and O–H groups in total. The van der Waals surface area contributed by atoms with E-state index in [1.165, 1.54) is 0 Å². The number of hydrogen-bond acceptors (Lipinski definition) is 4. The van der Waals surface area contributed by atoms with Crippen LogP contribution in [0.25, 0.3) is 0 Å². The molecule has 0 unspecified atom stereocenters. The van der Waals surface area contributed by atoms with Crippen molar-refractivity contribution in [2.45, 2.75) is 19.4 Å². The number of nitrogen functional groups attached to an aromatic ring is 1. The van der Waals surface area contributed by atoms with Gasteiger partial charge in [0.1, 0.15) is 11.4 Å². The number of carbonyl (C=O) groups is 2. The molecule has 32 heavy (non-hydrogen) atoms. The van der Waals surface area contributed by atoms with E-state index in [1.807, 2.05) is 30.3 Å². The van der Waals surface area contributed by atoms with Gasteiger partial charge in [-0.1, -0.05) is 18.2 Å². The smallest absolute Gasteiger partial charge is 0.258 e. The summed E-state index contributed by atoms with van der Waals surface area (Å²) in [4.78, 5) is 27.1. The highest BCUT2D eigenvalue weighted by Gasteiger charge is 2.27. The maximum absolute atomic E-state index is 12.8. The summed E-state index contributed by atoms with van der Waals surface area (Å²) < 4.78 is 0. The molecule has 0 fully saturated rings. The first-order chi connectivity index (χ1) is 15.2. The molecule has 3 aromatic carbocycles. The van der Waals surface area contributed by atoms with Crippen molar-refractivity contribution in [3.05, 3.63) is 90.0 Å². The highest BCUT2D eigenvalue weighted by Crippen LogP contribution is 2.20. The number of amides is 2. The monoisotopic (exact) mass is 429 g/mol. The lowest BCUT2D eigenvalue weighted by molar-refractivity contribution is -0.119. The highest BCUT2D eigenvalue weighted by atomic mass is 16.2. The van der Waals surface area contributed by atoms with Crippen LogP contribution < -0.4 is 21.3 Å². The first kappa shape index (κ1) is 22.6. The van der Waals surface area contributed by atoms with Gasteiger partial charge < -0.3 is 21.3 Å². The zero-order chi connectivity index (χ0) is 23.3. The maximum atomic E-state index is 12.8. The summed E-state index contributed by atoms with van der Waals surface area (Å²) in [5.74, 6) is -0.371. The van der Waals surface area contributed by atoms with Crippen molar-refractivity contribution in [1.82, 2.24) is 0 Å². The molecule has 7 nitrogen and oxygen atoms in total. The van der Waals surface area contributed by atoms with E-state index in [2.05, 4.69) is 10.6 Å².